The maximum absolute atomic E-state index is 13.2. The first-order valence-electron chi connectivity index (χ1n) is 4.46. The molecule has 0 heterocycles. The minimum absolute atomic E-state index is 0.159. The van der Waals surface area contributed by atoms with Gasteiger partial charge >= 0.3 is 0 Å². The van der Waals surface area contributed by atoms with Crippen LogP contribution in [0.15, 0.2) is 36.4 Å². The molecule has 0 aromatic heterocycles. The predicted molar refractivity (Wildman–Crippen MR) is 51.7 cm³/mol. The standard InChI is InChI=1S/C12H6F3O/c13-8-6-10(14)12(11(15)7-8)16-9-4-2-1-3-5-9/h1-4,6-7H. The van der Waals surface area contributed by atoms with Crippen LogP contribution in [-0.2, 0) is 0 Å². The van der Waals surface area contributed by atoms with Crippen LogP contribution in [0.2, 0.25) is 0 Å². The first kappa shape index (κ1) is 10.5. The number of rotatable bonds is 2. The number of benzene rings is 2. The minimum Gasteiger partial charge on any atom is -0.451 e. The maximum Gasteiger partial charge on any atom is 0.198 e. The lowest BCUT2D eigenvalue weighted by Gasteiger charge is -2.07. The number of hydrogen-bond acceptors (Lipinski definition) is 1. The van der Waals surface area contributed by atoms with Gasteiger partial charge in [0.15, 0.2) is 17.4 Å². The average molecular weight is 223 g/mol. The van der Waals surface area contributed by atoms with E-state index in [1.54, 1.807) is 12.1 Å². The van der Waals surface area contributed by atoms with Crippen LogP contribution >= 0.6 is 0 Å². The Kier molecular flexibility index (Phi) is 2.81. The Morgan fingerprint density at radius 2 is 1.69 bits per heavy atom. The highest BCUT2D eigenvalue weighted by atomic mass is 19.1. The van der Waals surface area contributed by atoms with Gasteiger partial charge in [-0.05, 0) is 6.07 Å². The average Bonchev–Trinajstić information content (AvgIpc) is 2.25. The zero-order valence-electron chi connectivity index (χ0n) is 8.01. The molecule has 1 radical (unpaired) electrons. The topological polar surface area (TPSA) is 9.23 Å². The SMILES string of the molecule is Fc1cc(F)c(Oc2[c]cccc2)c(F)c1. The van der Waals surface area contributed by atoms with Gasteiger partial charge in [-0.25, -0.2) is 13.2 Å². The Morgan fingerprint density at radius 1 is 1.00 bits per heavy atom. The van der Waals surface area contributed by atoms with Gasteiger partial charge < -0.3 is 4.74 Å². The lowest BCUT2D eigenvalue weighted by atomic mass is 10.3. The summed E-state index contributed by atoms with van der Waals surface area (Å²) in [4.78, 5) is 0. The summed E-state index contributed by atoms with van der Waals surface area (Å²) in [5.74, 6) is -3.64. The molecule has 81 valence electrons. The zero-order chi connectivity index (χ0) is 11.5. The molecule has 0 fully saturated rings. The highest BCUT2D eigenvalue weighted by Crippen LogP contribution is 2.27. The maximum atomic E-state index is 13.2. The molecule has 0 saturated carbocycles. The number of hydrogen-bond donors (Lipinski definition) is 0. The summed E-state index contributed by atoms with van der Waals surface area (Å²) >= 11 is 0. The van der Waals surface area contributed by atoms with Crippen molar-refractivity contribution in [3.8, 4) is 11.5 Å². The normalized spacial score (nSPS) is 10.2. The smallest absolute Gasteiger partial charge is 0.198 e. The van der Waals surface area contributed by atoms with Crippen molar-refractivity contribution in [2.24, 2.45) is 0 Å². The molecule has 4 heteroatoms. The summed E-state index contributed by atoms with van der Waals surface area (Å²) in [5.41, 5.74) is 0. The van der Waals surface area contributed by atoms with E-state index in [9.17, 15) is 13.2 Å². The van der Waals surface area contributed by atoms with E-state index >= 15 is 0 Å². The van der Waals surface area contributed by atoms with E-state index in [2.05, 4.69) is 6.07 Å². The second kappa shape index (κ2) is 4.26. The van der Waals surface area contributed by atoms with Gasteiger partial charge in [0.2, 0.25) is 0 Å². The predicted octanol–water partition coefficient (Wildman–Crippen LogP) is 3.70. The van der Waals surface area contributed by atoms with Gasteiger partial charge in [-0.15, -0.1) is 0 Å². The van der Waals surface area contributed by atoms with Crippen molar-refractivity contribution in [3.05, 3.63) is 59.9 Å². The van der Waals surface area contributed by atoms with E-state index in [-0.39, 0.29) is 5.75 Å². The van der Waals surface area contributed by atoms with Gasteiger partial charge in [0, 0.05) is 18.2 Å². The van der Waals surface area contributed by atoms with Crippen LogP contribution < -0.4 is 4.74 Å². The fourth-order valence-corrected chi connectivity index (χ4v) is 1.18. The number of ether oxygens (including phenoxy) is 1. The Bertz CT molecular complexity index is 474. The molecule has 0 aliphatic carbocycles. The van der Waals surface area contributed by atoms with Crippen LogP contribution in [0.3, 0.4) is 0 Å². The van der Waals surface area contributed by atoms with Gasteiger partial charge in [0.25, 0.3) is 0 Å². The van der Waals surface area contributed by atoms with Crippen LogP contribution in [-0.4, -0.2) is 0 Å². The Morgan fingerprint density at radius 3 is 2.25 bits per heavy atom. The van der Waals surface area contributed by atoms with Crippen molar-refractivity contribution >= 4 is 0 Å². The molecule has 0 spiro atoms. The largest absolute Gasteiger partial charge is 0.451 e. The molecule has 0 unspecified atom stereocenters. The first-order chi connectivity index (χ1) is 7.66. The van der Waals surface area contributed by atoms with Crippen LogP contribution in [0.4, 0.5) is 13.2 Å². The van der Waals surface area contributed by atoms with Crippen LogP contribution in [0.1, 0.15) is 0 Å². The summed E-state index contributed by atoms with van der Waals surface area (Å²) in [6.07, 6.45) is 0. The molecule has 16 heavy (non-hydrogen) atoms. The van der Waals surface area contributed by atoms with E-state index in [0.29, 0.717) is 12.1 Å². The Labute approximate surface area is 90.1 Å². The third kappa shape index (κ3) is 2.16. The Balaban J connectivity index is 2.35. The minimum atomic E-state index is -1.09. The molecule has 0 amide bonds. The molecule has 0 saturated heterocycles. The highest BCUT2D eigenvalue weighted by molar-refractivity contribution is 5.32. The molecule has 1 nitrogen and oxygen atoms in total. The lowest BCUT2D eigenvalue weighted by Crippen LogP contribution is -1.94. The van der Waals surface area contributed by atoms with Crippen molar-refractivity contribution in [1.29, 1.82) is 0 Å². The van der Waals surface area contributed by atoms with Crippen molar-refractivity contribution in [2.45, 2.75) is 0 Å². The first-order valence-corrected chi connectivity index (χ1v) is 4.46. The third-order valence-corrected chi connectivity index (χ3v) is 1.86. The molecular weight excluding hydrogens is 217 g/mol. The summed E-state index contributed by atoms with van der Waals surface area (Å²) in [6, 6.07) is 10.1. The van der Waals surface area contributed by atoms with Crippen LogP contribution in [0, 0.1) is 23.5 Å². The van der Waals surface area contributed by atoms with Gasteiger partial charge in [0.1, 0.15) is 11.6 Å². The molecule has 0 aliphatic rings. The molecular formula is C12H6F3O. The van der Waals surface area contributed by atoms with Gasteiger partial charge in [0.05, 0.1) is 0 Å². The quantitative estimate of drug-likeness (QED) is 0.754. The molecule has 0 atom stereocenters. The van der Waals surface area contributed by atoms with E-state index < -0.39 is 23.2 Å². The zero-order valence-corrected chi connectivity index (χ0v) is 8.01. The van der Waals surface area contributed by atoms with Crippen LogP contribution in [0.25, 0.3) is 0 Å². The van der Waals surface area contributed by atoms with Gasteiger partial charge in [-0.1, -0.05) is 18.2 Å². The van der Waals surface area contributed by atoms with Crippen molar-refractivity contribution in [2.75, 3.05) is 0 Å². The molecule has 2 rings (SSSR count). The van der Waals surface area contributed by atoms with Crippen molar-refractivity contribution in [1.82, 2.24) is 0 Å². The highest BCUT2D eigenvalue weighted by Gasteiger charge is 2.13. The fraction of sp³-hybridized carbons (Fsp3) is 0. The van der Waals surface area contributed by atoms with E-state index in [4.69, 9.17) is 4.74 Å². The van der Waals surface area contributed by atoms with E-state index in [1.165, 1.54) is 12.1 Å². The second-order valence-electron chi connectivity index (χ2n) is 3.03. The molecule has 0 aliphatic heterocycles. The van der Waals surface area contributed by atoms with Gasteiger partial charge in [-0.2, -0.15) is 0 Å². The summed E-state index contributed by atoms with van der Waals surface area (Å²) in [7, 11) is 0. The molecule has 0 bridgehead atoms. The van der Waals surface area contributed by atoms with Crippen molar-refractivity contribution < 1.29 is 17.9 Å². The molecule has 0 N–H and O–H groups in total. The third-order valence-electron chi connectivity index (χ3n) is 1.86. The van der Waals surface area contributed by atoms with Crippen LogP contribution in [0.5, 0.6) is 11.5 Å². The van der Waals surface area contributed by atoms with E-state index in [1.807, 2.05) is 0 Å². The van der Waals surface area contributed by atoms with E-state index in [0.717, 1.165) is 0 Å². The molecule has 2 aromatic rings. The second-order valence-corrected chi connectivity index (χ2v) is 3.03. The van der Waals surface area contributed by atoms with Gasteiger partial charge in [-0.3, -0.25) is 0 Å². The summed E-state index contributed by atoms with van der Waals surface area (Å²) in [5, 5.41) is 0. The lowest BCUT2D eigenvalue weighted by molar-refractivity contribution is 0.400. The number of halogens is 3. The Hall–Kier alpha value is -1.97. The monoisotopic (exact) mass is 223 g/mol. The summed E-state index contributed by atoms with van der Waals surface area (Å²) in [6.45, 7) is 0. The fourth-order valence-electron chi connectivity index (χ4n) is 1.18. The molecule has 2 aromatic carbocycles. The van der Waals surface area contributed by atoms with Crippen molar-refractivity contribution in [3.63, 3.8) is 0 Å². The number of para-hydroxylation sites is 1. The summed E-state index contributed by atoms with van der Waals surface area (Å²) < 4.78 is 43.9.